The van der Waals surface area contributed by atoms with Gasteiger partial charge in [0.2, 0.25) is 0 Å². The molecule has 3 unspecified atom stereocenters. The van der Waals surface area contributed by atoms with Crippen molar-refractivity contribution in [3.8, 4) is 0 Å². The van der Waals surface area contributed by atoms with Gasteiger partial charge in [-0.2, -0.15) is 0 Å². The van der Waals surface area contributed by atoms with Gasteiger partial charge in [-0.25, -0.2) is 4.39 Å². The van der Waals surface area contributed by atoms with Gasteiger partial charge < -0.3 is 4.74 Å². The van der Waals surface area contributed by atoms with Crippen LogP contribution < -0.4 is 0 Å². The molecule has 0 saturated heterocycles. The summed E-state index contributed by atoms with van der Waals surface area (Å²) in [6.07, 6.45) is 9.49. The second-order valence-corrected chi connectivity index (χ2v) is 4.01. The number of methoxy groups -OCH3 is 1. The molecule has 0 radical (unpaired) electrons. The van der Waals surface area contributed by atoms with Gasteiger partial charge in [0, 0.05) is 24.9 Å². The van der Waals surface area contributed by atoms with Crippen LogP contribution in [0.1, 0.15) is 6.92 Å². The van der Waals surface area contributed by atoms with E-state index in [1.807, 2.05) is 6.08 Å². The molecule has 2 aliphatic carbocycles. The maximum Gasteiger partial charge on any atom is 0.119 e. The molecular weight excluding hydrogens is 179 g/mol. The van der Waals surface area contributed by atoms with E-state index in [1.54, 1.807) is 19.3 Å². The Labute approximate surface area is 84.0 Å². The number of hydrogen-bond acceptors (Lipinski definition) is 1. The fourth-order valence-electron chi connectivity index (χ4n) is 2.33. The molecular formula is C12H15FO. The summed E-state index contributed by atoms with van der Waals surface area (Å²) in [7, 11) is 1.72. The van der Waals surface area contributed by atoms with Gasteiger partial charge in [0.25, 0.3) is 0 Å². The van der Waals surface area contributed by atoms with Crippen molar-refractivity contribution in [2.24, 2.45) is 17.8 Å². The van der Waals surface area contributed by atoms with E-state index in [4.69, 9.17) is 4.74 Å². The van der Waals surface area contributed by atoms with Crippen molar-refractivity contribution >= 4 is 0 Å². The van der Waals surface area contributed by atoms with E-state index in [0.717, 1.165) is 0 Å². The molecule has 0 spiro atoms. The summed E-state index contributed by atoms with van der Waals surface area (Å²) >= 11 is 0. The first-order valence-corrected chi connectivity index (χ1v) is 4.99. The van der Waals surface area contributed by atoms with E-state index in [9.17, 15) is 4.39 Å². The Bertz CT molecular complexity index is 303. The van der Waals surface area contributed by atoms with Gasteiger partial charge in [0.15, 0.2) is 0 Å². The van der Waals surface area contributed by atoms with Crippen LogP contribution >= 0.6 is 0 Å². The molecule has 0 amide bonds. The van der Waals surface area contributed by atoms with Crippen molar-refractivity contribution in [1.82, 2.24) is 0 Å². The highest BCUT2D eigenvalue weighted by atomic mass is 19.1. The summed E-state index contributed by atoms with van der Waals surface area (Å²) in [5.41, 5.74) is 0. The summed E-state index contributed by atoms with van der Waals surface area (Å²) in [6.45, 7) is 2.13. The zero-order valence-electron chi connectivity index (χ0n) is 8.48. The average Bonchev–Trinajstić information content (AvgIpc) is 2.18. The molecule has 1 nitrogen and oxygen atoms in total. The first-order valence-electron chi connectivity index (χ1n) is 4.99. The van der Waals surface area contributed by atoms with Crippen molar-refractivity contribution in [1.29, 1.82) is 0 Å². The van der Waals surface area contributed by atoms with Crippen LogP contribution in [0.15, 0.2) is 36.2 Å². The van der Waals surface area contributed by atoms with E-state index >= 15 is 0 Å². The number of fused-ring (bicyclic) bond motifs is 1. The Morgan fingerprint density at radius 2 is 2.07 bits per heavy atom. The molecule has 0 N–H and O–H groups in total. The number of rotatable bonds is 1. The minimum Gasteiger partial charge on any atom is -0.380 e. The molecule has 2 heteroatoms. The minimum absolute atomic E-state index is 0.139. The first kappa shape index (κ1) is 9.66. The van der Waals surface area contributed by atoms with Gasteiger partial charge in [-0.15, -0.1) is 0 Å². The zero-order chi connectivity index (χ0) is 10.1. The molecule has 14 heavy (non-hydrogen) atoms. The molecule has 0 aliphatic heterocycles. The quantitative estimate of drug-likeness (QED) is 0.583. The van der Waals surface area contributed by atoms with Gasteiger partial charge in [-0.05, 0) is 12.2 Å². The Morgan fingerprint density at radius 3 is 2.79 bits per heavy atom. The smallest absolute Gasteiger partial charge is 0.119 e. The second kappa shape index (κ2) is 3.70. The van der Waals surface area contributed by atoms with E-state index < -0.39 is 0 Å². The molecule has 76 valence electrons. The van der Waals surface area contributed by atoms with Crippen LogP contribution in [0.25, 0.3) is 0 Å². The Kier molecular flexibility index (Phi) is 2.55. The molecule has 0 bridgehead atoms. The van der Waals surface area contributed by atoms with Gasteiger partial charge in [0.05, 0.1) is 6.10 Å². The third-order valence-corrected chi connectivity index (χ3v) is 3.08. The molecule has 0 fully saturated rings. The predicted molar refractivity (Wildman–Crippen MR) is 54.4 cm³/mol. The van der Waals surface area contributed by atoms with E-state index in [2.05, 4.69) is 19.1 Å². The highest BCUT2D eigenvalue weighted by Crippen LogP contribution is 2.36. The third-order valence-electron chi connectivity index (χ3n) is 3.08. The summed E-state index contributed by atoms with van der Waals surface area (Å²) in [6, 6.07) is 0. The summed E-state index contributed by atoms with van der Waals surface area (Å²) in [5, 5.41) is 0. The Hall–Kier alpha value is -0.890. The fraction of sp³-hybridized carbons (Fsp3) is 0.500. The van der Waals surface area contributed by atoms with Gasteiger partial charge >= 0.3 is 0 Å². The molecule has 0 aromatic rings. The molecule has 2 rings (SSSR count). The molecule has 0 saturated carbocycles. The van der Waals surface area contributed by atoms with Crippen molar-refractivity contribution < 1.29 is 9.13 Å². The lowest BCUT2D eigenvalue weighted by atomic mass is 9.75. The SMILES string of the molecule is COC1C2C=CC(F)=CC2C=C[C@H]1C. The Morgan fingerprint density at radius 1 is 1.29 bits per heavy atom. The molecule has 0 aromatic carbocycles. The van der Waals surface area contributed by atoms with Crippen LogP contribution in [-0.4, -0.2) is 13.2 Å². The standard InChI is InChI=1S/C12H15FO/c1-8-3-4-9-7-10(13)5-6-11(9)12(8)14-2/h3-9,11-12H,1-2H3/t8-,9?,11?,12?/m1/s1. The largest absolute Gasteiger partial charge is 0.380 e. The lowest BCUT2D eigenvalue weighted by molar-refractivity contribution is 0.0268. The van der Waals surface area contributed by atoms with E-state index in [-0.39, 0.29) is 17.8 Å². The summed E-state index contributed by atoms with van der Waals surface area (Å²) in [4.78, 5) is 0. The topological polar surface area (TPSA) is 9.23 Å². The van der Waals surface area contributed by atoms with Crippen LogP contribution in [0.5, 0.6) is 0 Å². The maximum atomic E-state index is 13.0. The molecule has 2 aliphatic rings. The van der Waals surface area contributed by atoms with Gasteiger partial charge in [-0.1, -0.05) is 25.2 Å². The Balaban J connectivity index is 2.27. The zero-order valence-corrected chi connectivity index (χ0v) is 8.48. The molecule has 4 atom stereocenters. The monoisotopic (exact) mass is 194 g/mol. The van der Waals surface area contributed by atoms with E-state index in [1.165, 1.54) is 0 Å². The summed E-state index contributed by atoms with van der Waals surface area (Å²) in [5.74, 6) is 0.724. The lowest BCUT2D eigenvalue weighted by Gasteiger charge is -2.35. The number of ether oxygens (including phenoxy) is 1. The second-order valence-electron chi connectivity index (χ2n) is 4.01. The van der Waals surface area contributed by atoms with Crippen LogP contribution in [0.3, 0.4) is 0 Å². The van der Waals surface area contributed by atoms with Gasteiger partial charge in [0.1, 0.15) is 5.83 Å². The number of hydrogen-bond donors (Lipinski definition) is 0. The normalized spacial score (nSPS) is 40.6. The van der Waals surface area contributed by atoms with Crippen molar-refractivity contribution in [2.75, 3.05) is 7.11 Å². The molecule has 0 heterocycles. The van der Waals surface area contributed by atoms with Gasteiger partial charge in [-0.3, -0.25) is 0 Å². The lowest BCUT2D eigenvalue weighted by Crippen LogP contribution is -2.35. The summed E-state index contributed by atoms with van der Waals surface area (Å²) < 4.78 is 18.4. The van der Waals surface area contributed by atoms with Crippen LogP contribution in [-0.2, 0) is 4.74 Å². The molecule has 0 aromatic heterocycles. The maximum absolute atomic E-state index is 13.0. The fourth-order valence-corrected chi connectivity index (χ4v) is 2.33. The van der Waals surface area contributed by atoms with Crippen molar-refractivity contribution in [3.05, 3.63) is 36.2 Å². The number of halogens is 1. The first-order chi connectivity index (χ1) is 6.72. The van der Waals surface area contributed by atoms with Crippen LogP contribution in [0, 0.1) is 17.8 Å². The van der Waals surface area contributed by atoms with Crippen LogP contribution in [0.2, 0.25) is 0 Å². The number of allylic oxidation sites excluding steroid dienone is 4. The van der Waals surface area contributed by atoms with Crippen molar-refractivity contribution in [3.63, 3.8) is 0 Å². The minimum atomic E-state index is -0.139. The highest BCUT2D eigenvalue weighted by Gasteiger charge is 2.33. The van der Waals surface area contributed by atoms with Crippen LogP contribution in [0.4, 0.5) is 4.39 Å². The van der Waals surface area contributed by atoms with E-state index in [0.29, 0.717) is 11.8 Å². The van der Waals surface area contributed by atoms with Crippen molar-refractivity contribution in [2.45, 2.75) is 13.0 Å². The average molecular weight is 194 g/mol. The third kappa shape index (κ3) is 1.55. The highest BCUT2D eigenvalue weighted by molar-refractivity contribution is 5.27. The predicted octanol–water partition coefficient (Wildman–Crippen LogP) is 2.86.